The van der Waals surface area contributed by atoms with Crippen LogP contribution in [0.5, 0.6) is 0 Å². The fourth-order valence-corrected chi connectivity index (χ4v) is 3.01. The molecule has 0 aliphatic carbocycles. The normalized spacial score (nSPS) is 17.1. The monoisotopic (exact) mass is 418 g/mol. The van der Waals surface area contributed by atoms with Crippen LogP contribution in [0.4, 0.5) is 9.59 Å². The van der Waals surface area contributed by atoms with Crippen LogP contribution in [-0.4, -0.2) is 48.9 Å². The summed E-state index contributed by atoms with van der Waals surface area (Å²) < 4.78 is 15.4. The zero-order valence-corrected chi connectivity index (χ0v) is 18.0. The van der Waals surface area contributed by atoms with Crippen LogP contribution in [0.25, 0.3) is 0 Å². The smallest absolute Gasteiger partial charge is 0.412 e. The van der Waals surface area contributed by atoms with Crippen molar-refractivity contribution in [2.24, 2.45) is 5.92 Å². The lowest BCUT2D eigenvalue weighted by Gasteiger charge is -2.33. The van der Waals surface area contributed by atoms with E-state index in [4.69, 9.17) is 14.2 Å². The number of rotatable bonds is 5. The molecule has 1 heterocycles. The molecule has 30 heavy (non-hydrogen) atoms. The Labute approximate surface area is 177 Å². The van der Waals surface area contributed by atoms with Crippen molar-refractivity contribution in [2.45, 2.75) is 45.8 Å². The van der Waals surface area contributed by atoms with Crippen molar-refractivity contribution < 1.29 is 28.6 Å². The van der Waals surface area contributed by atoms with Gasteiger partial charge in [0.15, 0.2) is 0 Å². The molecule has 1 N–H and O–H groups in total. The Balaban J connectivity index is 2.00. The predicted molar refractivity (Wildman–Crippen MR) is 110 cm³/mol. The van der Waals surface area contributed by atoms with Crippen LogP contribution in [0.1, 0.15) is 39.2 Å². The average molecular weight is 418 g/mol. The molecule has 0 aromatic heterocycles. The molecule has 2 amide bonds. The number of alkyl carbamates (subject to hydrolysis) is 1. The molecule has 0 radical (unpaired) electrons. The molecule has 1 atom stereocenters. The number of hydrogen-bond acceptors (Lipinski definition) is 6. The highest BCUT2D eigenvalue weighted by atomic mass is 16.6. The lowest BCUT2D eigenvalue weighted by atomic mass is 9.97. The van der Waals surface area contributed by atoms with Crippen molar-refractivity contribution in [3.63, 3.8) is 0 Å². The second-order valence-electron chi connectivity index (χ2n) is 8.09. The largest absolute Gasteiger partial charge is 0.464 e. The number of nitrogens with zero attached hydrogens (tertiary/aromatic N) is 1. The summed E-state index contributed by atoms with van der Waals surface area (Å²) >= 11 is 0. The Morgan fingerprint density at radius 1 is 1.20 bits per heavy atom. The Morgan fingerprint density at radius 3 is 2.53 bits per heavy atom. The SMILES string of the molecule is COC(=O)/C(=C/[C@@H]1CCCN(C(=O)OC(C)(C)C)C1)NC(=O)OCc1ccccc1. The minimum atomic E-state index is -0.754. The molecule has 164 valence electrons. The first kappa shape index (κ1) is 23.3. The number of carbonyl (C=O) groups is 3. The van der Waals surface area contributed by atoms with Crippen molar-refractivity contribution in [1.82, 2.24) is 10.2 Å². The molecule has 1 aliphatic rings. The van der Waals surface area contributed by atoms with E-state index in [1.54, 1.807) is 11.0 Å². The second-order valence-corrected chi connectivity index (χ2v) is 8.09. The molecule has 0 bridgehead atoms. The molecule has 1 aliphatic heterocycles. The van der Waals surface area contributed by atoms with Gasteiger partial charge in [0.1, 0.15) is 17.9 Å². The van der Waals surface area contributed by atoms with Crippen molar-refractivity contribution in [3.05, 3.63) is 47.7 Å². The number of likely N-dealkylation sites (tertiary alicyclic amines) is 1. The lowest BCUT2D eigenvalue weighted by molar-refractivity contribution is -0.136. The van der Waals surface area contributed by atoms with Crippen molar-refractivity contribution in [2.75, 3.05) is 20.2 Å². The highest BCUT2D eigenvalue weighted by molar-refractivity contribution is 5.92. The number of carbonyl (C=O) groups excluding carboxylic acids is 3. The minimum Gasteiger partial charge on any atom is -0.464 e. The molecular formula is C22H30N2O6. The second kappa shape index (κ2) is 10.7. The van der Waals surface area contributed by atoms with Gasteiger partial charge >= 0.3 is 18.2 Å². The Hall–Kier alpha value is -3.03. The van der Waals surface area contributed by atoms with Gasteiger partial charge in [-0.1, -0.05) is 30.3 Å². The fraction of sp³-hybridized carbons (Fsp3) is 0.500. The summed E-state index contributed by atoms with van der Waals surface area (Å²) in [6, 6.07) is 9.22. The van der Waals surface area contributed by atoms with E-state index in [0.717, 1.165) is 18.4 Å². The standard InChI is InChI=1S/C22H30N2O6/c1-22(2,3)30-21(27)24-12-8-11-17(14-24)13-18(19(25)28-4)23-20(26)29-15-16-9-6-5-7-10-16/h5-7,9-10,13,17H,8,11-12,14-15H2,1-4H3,(H,23,26)/b18-13-/t17-/m0/s1. The summed E-state index contributed by atoms with van der Waals surface area (Å²) in [5, 5.41) is 2.46. The predicted octanol–water partition coefficient (Wildman–Crippen LogP) is 3.62. The number of methoxy groups -OCH3 is 1. The molecule has 1 fully saturated rings. The maximum absolute atomic E-state index is 12.3. The lowest BCUT2D eigenvalue weighted by Crippen LogP contribution is -2.43. The van der Waals surface area contributed by atoms with Crippen molar-refractivity contribution in [1.29, 1.82) is 0 Å². The molecule has 1 aromatic carbocycles. The van der Waals surface area contributed by atoms with E-state index in [1.165, 1.54) is 7.11 Å². The third-order valence-electron chi connectivity index (χ3n) is 4.37. The van der Waals surface area contributed by atoms with E-state index < -0.39 is 23.8 Å². The van der Waals surface area contributed by atoms with E-state index in [1.807, 2.05) is 51.1 Å². The summed E-state index contributed by atoms with van der Waals surface area (Å²) in [7, 11) is 1.24. The van der Waals surface area contributed by atoms with Crippen LogP contribution in [0, 0.1) is 5.92 Å². The van der Waals surface area contributed by atoms with Crippen LogP contribution in [-0.2, 0) is 25.6 Å². The number of amides is 2. The van der Waals surface area contributed by atoms with Crippen molar-refractivity contribution >= 4 is 18.2 Å². The first-order valence-electron chi connectivity index (χ1n) is 9.93. The van der Waals surface area contributed by atoms with Gasteiger partial charge in [-0.25, -0.2) is 14.4 Å². The van der Waals surface area contributed by atoms with Crippen LogP contribution < -0.4 is 5.32 Å². The highest BCUT2D eigenvalue weighted by Crippen LogP contribution is 2.21. The van der Waals surface area contributed by atoms with Gasteiger partial charge in [0.25, 0.3) is 0 Å². The molecular weight excluding hydrogens is 388 g/mol. The first-order valence-corrected chi connectivity index (χ1v) is 9.93. The van der Waals surface area contributed by atoms with Gasteiger partial charge in [-0.2, -0.15) is 0 Å². The van der Waals surface area contributed by atoms with Crippen LogP contribution in [0.15, 0.2) is 42.1 Å². The van der Waals surface area contributed by atoms with Gasteiger partial charge in [-0.3, -0.25) is 5.32 Å². The van der Waals surface area contributed by atoms with E-state index >= 15 is 0 Å². The number of esters is 1. The zero-order valence-electron chi connectivity index (χ0n) is 18.0. The van der Waals surface area contributed by atoms with Gasteiger partial charge in [0, 0.05) is 13.1 Å². The van der Waals surface area contributed by atoms with Gasteiger partial charge in [0.2, 0.25) is 0 Å². The highest BCUT2D eigenvalue weighted by Gasteiger charge is 2.28. The van der Waals surface area contributed by atoms with Gasteiger partial charge < -0.3 is 19.1 Å². The van der Waals surface area contributed by atoms with Crippen LogP contribution >= 0.6 is 0 Å². The molecule has 2 rings (SSSR count). The Bertz CT molecular complexity index is 770. The van der Waals surface area contributed by atoms with Crippen LogP contribution in [0.3, 0.4) is 0 Å². The van der Waals surface area contributed by atoms with E-state index in [-0.39, 0.29) is 18.2 Å². The van der Waals surface area contributed by atoms with Gasteiger partial charge in [-0.15, -0.1) is 0 Å². The molecule has 1 aromatic rings. The zero-order chi connectivity index (χ0) is 22.1. The first-order chi connectivity index (χ1) is 14.2. The van der Waals surface area contributed by atoms with Crippen molar-refractivity contribution in [3.8, 4) is 0 Å². The molecule has 0 unspecified atom stereocenters. The molecule has 1 saturated heterocycles. The molecule has 0 saturated carbocycles. The topological polar surface area (TPSA) is 94.2 Å². The van der Waals surface area contributed by atoms with Gasteiger partial charge in [0.05, 0.1) is 7.11 Å². The maximum Gasteiger partial charge on any atom is 0.412 e. The van der Waals surface area contributed by atoms with Crippen LogP contribution in [0.2, 0.25) is 0 Å². The van der Waals surface area contributed by atoms with Gasteiger partial charge in [-0.05, 0) is 51.2 Å². The maximum atomic E-state index is 12.3. The third kappa shape index (κ3) is 7.77. The fourth-order valence-electron chi connectivity index (χ4n) is 3.01. The quantitative estimate of drug-likeness (QED) is 0.446. The number of ether oxygens (including phenoxy) is 3. The summed E-state index contributed by atoms with van der Waals surface area (Å²) in [6.07, 6.45) is 1.99. The number of piperidine rings is 1. The third-order valence-corrected chi connectivity index (χ3v) is 4.37. The molecule has 8 heteroatoms. The minimum absolute atomic E-state index is 0.00778. The number of hydrogen-bond donors (Lipinski definition) is 1. The summed E-state index contributed by atoms with van der Waals surface area (Å²) in [6.45, 7) is 6.48. The summed E-state index contributed by atoms with van der Waals surface area (Å²) in [5.74, 6) is -0.809. The number of benzene rings is 1. The summed E-state index contributed by atoms with van der Waals surface area (Å²) in [4.78, 5) is 38.2. The van der Waals surface area contributed by atoms with E-state index in [9.17, 15) is 14.4 Å². The Morgan fingerprint density at radius 2 is 1.90 bits per heavy atom. The summed E-state index contributed by atoms with van der Waals surface area (Å²) in [5.41, 5.74) is 0.240. The molecule has 8 nitrogen and oxygen atoms in total. The Kier molecular flexibility index (Phi) is 8.26. The van der Waals surface area contributed by atoms with E-state index in [2.05, 4.69) is 5.32 Å². The number of nitrogens with one attached hydrogen (secondary N) is 1. The molecule has 0 spiro atoms. The van der Waals surface area contributed by atoms with E-state index in [0.29, 0.717) is 13.1 Å². The average Bonchev–Trinajstić information content (AvgIpc) is 2.71.